The van der Waals surface area contributed by atoms with Crippen molar-refractivity contribution in [2.75, 3.05) is 19.8 Å². The van der Waals surface area contributed by atoms with Gasteiger partial charge in [-0.3, -0.25) is 4.98 Å². The largest absolute Gasteiger partial charge is 0.462 e. The number of hydrogen-bond donors (Lipinski definition) is 1. The quantitative estimate of drug-likeness (QED) is 0.622. The minimum absolute atomic E-state index is 0.102. The van der Waals surface area contributed by atoms with Gasteiger partial charge in [0.05, 0.1) is 30.7 Å². The molecule has 0 saturated heterocycles. The van der Waals surface area contributed by atoms with Gasteiger partial charge in [0.15, 0.2) is 11.3 Å². The topological polar surface area (TPSA) is 91.9 Å². The maximum absolute atomic E-state index is 14.4. The molecule has 160 valence electrons. The number of halogens is 1. The maximum atomic E-state index is 14.4. The van der Waals surface area contributed by atoms with Crippen molar-refractivity contribution in [3.05, 3.63) is 77.5 Å². The van der Waals surface area contributed by atoms with Gasteiger partial charge in [0.25, 0.3) is 6.02 Å². The Hall–Kier alpha value is -3.78. The van der Waals surface area contributed by atoms with E-state index < -0.39 is 11.5 Å². The molecule has 5 heterocycles. The monoisotopic (exact) mass is 430 g/mol. The second-order valence-corrected chi connectivity index (χ2v) is 7.87. The Morgan fingerprint density at radius 1 is 1.06 bits per heavy atom. The molecule has 0 bridgehead atoms. The minimum atomic E-state index is -0.912. The van der Waals surface area contributed by atoms with Gasteiger partial charge in [-0.1, -0.05) is 12.1 Å². The van der Waals surface area contributed by atoms with Gasteiger partial charge in [-0.15, -0.1) is 0 Å². The van der Waals surface area contributed by atoms with Crippen molar-refractivity contribution in [2.45, 2.75) is 12.0 Å². The van der Waals surface area contributed by atoms with E-state index in [0.29, 0.717) is 36.0 Å². The number of amidine groups is 1. The van der Waals surface area contributed by atoms with Crippen molar-refractivity contribution in [3.63, 3.8) is 0 Å². The molecule has 0 amide bonds. The molecule has 2 N–H and O–H groups in total. The molecule has 2 aromatic heterocycles. The summed E-state index contributed by atoms with van der Waals surface area (Å²) in [6, 6.07) is 11.2. The number of aromatic nitrogens is 2. The normalized spacial score (nSPS) is 21.2. The summed E-state index contributed by atoms with van der Waals surface area (Å²) in [6.45, 7) is 1.50. The first-order valence-corrected chi connectivity index (χ1v) is 10.3. The lowest BCUT2D eigenvalue weighted by atomic mass is 9.80. The second kappa shape index (κ2) is 7.13. The molecule has 3 aliphatic rings. The molecule has 0 aliphatic carbocycles. The highest BCUT2D eigenvalue weighted by Gasteiger charge is 2.47. The number of hydrogen-bond acceptors (Lipinski definition) is 7. The fourth-order valence-corrected chi connectivity index (χ4v) is 4.47. The molecular weight excluding hydrogens is 411 g/mol. The van der Waals surface area contributed by atoms with Crippen molar-refractivity contribution < 1.29 is 18.6 Å². The molecule has 0 unspecified atom stereocenters. The van der Waals surface area contributed by atoms with Crippen LogP contribution in [0.15, 0.2) is 59.9 Å². The van der Waals surface area contributed by atoms with Gasteiger partial charge in [0.1, 0.15) is 12.4 Å². The number of aliphatic imine (C=N–C) groups is 1. The average Bonchev–Trinajstić information content (AvgIpc) is 3.22. The zero-order valence-electron chi connectivity index (χ0n) is 17.0. The van der Waals surface area contributed by atoms with E-state index in [0.717, 1.165) is 23.1 Å². The molecule has 1 spiro atoms. The Labute approximate surface area is 183 Å². The van der Waals surface area contributed by atoms with Crippen LogP contribution in [0.1, 0.15) is 23.1 Å². The molecule has 3 aromatic rings. The van der Waals surface area contributed by atoms with Crippen LogP contribution in [0.4, 0.5) is 4.39 Å². The van der Waals surface area contributed by atoms with Crippen LogP contribution in [0.2, 0.25) is 0 Å². The second-order valence-electron chi connectivity index (χ2n) is 7.87. The molecular formula is C24H19FN4O3. The zero-order chi connectivity index (χ0) is 21.7. The number of nitrogens with two attached hydrogens (primary N) is 1. The Morgan fingerprint density at radius 2 is 1.97 bits per heavy atom. The average molecular weight is 430 g/mol. The van der Waals surface area contributed by atoms with Gasteiger partial charge in [-0.05, 0) is 47.9 Å². The number of nitrogens with zero attached hydrogens (tertiary/aromatic N) is 3. The molecule has 0 fully saturated rings. The van der Waals surface area contributed by atoms with Crippen LogP contribution in [0.25, 0.3) is 16.8 Å². The highest BCUT2D eigenvalue weighted by molar-refractivity contribution is 5.78. The molecule has 7 nitrogen and oxygen atoms in total. The fraction of sp³-hybridized carbons (Fsp3) is 0.208. The standard InChI is InChI=1S/C24H19FN4O3/c25-22-16(2-1-7-27-22)19-11-18-21(12-28-19)32-20-4-3-15(14-5-8-30-9-6-14)10-17(20)24(18)13-31-23(26)29-24/h1-5,7,10-12H,6,8-9,13H2,(H2,26,29)/t24-/m1/s1. The zero-order valence-corrected chi connectivity index (χ0v) is 17.0. The predicted octanol–water partition coefficient (Wildman–Crippen LogP) is 3.78. The predicted molar refractivity (Wildman–Crippen MR) is 116 cm³/mol. The number of benzene rings is 1. The molecule has 0 radical (unpaired) electrons. The van der Waals surface area contributed by atoms with Gasteiger partial charge in [0.2, 0.25) is 5.95 Å². The molecule has 32 heavy (non-hydrogen) atoms. The maximum Gasteiger partial charge on any atom is 0.283 e. The first kappa shape index (κ1) is 18.9. The van der Waals surface area contributed by atoms with Crippen LogP contribution in [0.5, 0.6) is 11.5 Å². The van der Waals surface area contributed by atoms with Crippen LogP contribution in [-0.2, 0) is 15.0 Å². The van der Waals surface area contributed by atoms with E-state index >= 15 is 0 Å². The summed E-state index contributed by atoms with van der Waals surface area (Å²) in [4.78, 5) is 12.9. The van der Waals surface area contributed by atoms with E-state index in [1.807, 2.05) is 12.1 Å². The SMILES string of the molecule is NC1=N[C@]2(CO1)c1cc(C3=CCOCC3)ccc1Oc1cnc(-c3cccnc3F)cc12. The third-order valence-corrected chi connectivity index (χ3v) is 6.06. The van der Waals surface area contributed by atoms with Gasteiger partial charge < -0.3 is 19.9 Å². The Balaban J connectivity index is 1.54. The van der Waals surface area contributed by atoms with Crippen molar-refractivity contribution in [1.29, 1.82) is 0 Å². The first-order valence-electron chi connectivity index (χ1n) is 10.3. The van der Waals surface area contributed by atoms with E-state index in [9.17, 15) is 4.39 Å². The van der Waals surface area contributed by atoms with Crippen molar-refractivity contribution >= 4 is 11.6 Å². The van der Waals surface area contributed by atoms with E-state index in [4.69, 9.17) is 24.9 Å². The summed E-state index contributed by atoms with van der Waals surface area (Å²) < 4.78 is 31.6. The van der Waals surface area contributed by atoms with Gasteiger partial charge in [0, 0.05) is 17.3 Å². The lowest BCUT2D eigenvalue weighted by Gasteiger charge is -2.34. The third-order valence-electron chi connectivity index (χ3n) is 6.06. The van der Waals surface area contributed by atoms with Crippen LogP contribution in [-0.4, -0.2) is 35.8 Å². The number of ether oxygens (including phenoxy) is 3. The Kier molecular flexibility index (Phi) is 4.22. The Bertz CT molecular complexity index is 1310. The molecule has 1 aromatic carbocycles. The number of pyridine rings is 2. The number of fused-ring (bicyclic) bond motifs is 4. The third kappa shape index (κ3) is 2.87. The van der Waals surface area contributed by atoms with Crippen molar-refractivity contribution in [3.8, 4) is 22.8 Å². The molecule has 3 aliphatic heterocycles. The summed E-state index contributed by atoms with van der Waals surface area (Å²) >= 11 is 0. The van der Waals surface area contributed by atoms with E-state index in [2.05, 4.69) is 22.1 Å². The summed E-state index contributed by atoms with van der Waals surface area (Å²) in [5.41, 5.74) is 9.66. The highest BCUT2D eigenvalue weighted by Crippen LogP contribution is 2.51. The summed E-state index contributed by atoms with van der Waals surface area (Å²) in [7, 11) is 0. The van der Waals surface area contributed by atoms with E-state index in [1.165, 1.54) is 11.8 Å². The Morgan fingerprint density at radius 3 is 2.75 bits per heavy atom. The van der Waals surface area contributed by atoms with Crippen LogP contribution in [0.3, 0.4) is 0 Å². The van der Waals surface area contributed by atoms with Crippen LogP contribution in [0, 0.1) is 5.95 Å². The minimum Gasteiger partial charge on any atom is -0.462 e. The van der Waals surface area contributed by atoms with Gasteiger partial charge in [-0.25, -0.2) is 9.98 Å². The van der Waals surface area contributed by atoms with Gasteiger partial charge >= 0.3 is 0 Å². The smallest absolute Gasteiger partial charge is 0.283 e. The van der Waals surface area contributed by atoms with E-state index in [-0.39, 0.29) is 12.6 Å². The molecule has 1 atom stereocenters. The van der Waals surface area contributed by atoms with Gasteiger partial charge in [-0.2, -0.15) is 4.39 Å². The summed E-state index contributed by atoms with van der Waals surface area (Å²) in [6.07, 6.45) is 5.91. The van der Waals surface area contributed by atoms with Crippen molar-refractivity contribution in [1.82, 2.24) is 9.97 Å². The summed E-state index contributed by atoms with van der Waals surface area (Å²) in [5.74, 6) is 0.606. The summed E-state index contributed by atoms with van der Waals surface area (Å²) in [5, 5.41) is 0. The van der Waals surface area contributed by atoms with Crippen LogP contribution < -0.4 is 10.5 Å². The highest BCUT2D eigenvalue weighted by atomic mass is 19.1. The number of rotatable bonds is 2. The fourth-order valence-electron chi connectivity index (χ4n) is 4.47. The lowest BCUT2D eigenvalue weighted by Crippen LogP contribution is -2.31. The first-order chi connectivity index (χ1) is 15.6. The van der Waals surface area contributed by atoms with Crippen molar-refractivity contribution in [2.24, 2.45) is 10.7 Å². The van der Waals surface area contributed by atoms with E-state index in [1.54, 1.807) is 24.4 Å². The molecule has 0 saturated carbocycles. The molecule has 8 heteroatoms. The molecule has 6 rings (SSSR count). The lowest BCUT2D eigenvalue weighted by molar-refractivity contribution is 0.161. The van der Waals surface area contributed by atoms with Crippen LogP contribution >= 0.6 is 0 Å².